The zero-order chi connectivity index (χ0) is 19.4. The molecule has 1 saturated heterocycles. The van der Waals surface area contributed by atoms with E-state index in [9.17, 15) is 4.79 Å². The van der Waals surface area contributed by atoms with Crippen LogP contribution in [0.15, 0.2) is 27.4 Å². The molecule has 1 fully saturated rings. The van der Waals surface area contributed by atoms with Crippen LogP contribution in [0.25, 0.3) is 0 Å². The van der Waals surface area contributed by atoms with Crippen LogP contribution < -0.4 is 9.57 Å². The number of nitrogens with zero attached hydrogens (tertiary/aromatic N) is 4. The number of likely N-dealkylation sites (tertiary alicyclic amines) is 1. The molecule has 144 valence electrons. The summed E-state index contributed by atoms with van der Waals surface area (Å²) in [7, 11) is 0. The van der Waals surface area contributed by atoms with Crippen molar-refractivity contribution in [1.29, 1.82) is 0 Å². The topological polar surface area (TPSA) is 97.1 Å². The molecule has 0 unspecified atom stereocenters. The van der Waals surface area contributed by atoms with E-state index in [1.807, 2.05) is 26.0 Å². The van der Waals surface area contributed by atoms with Gasteiger partial charge in [0.25, 0.3) is 5.88 Å². The molecule has 1 aliphatic rings. The molecule has 1 amide bonds. The third kappa shape index (κ3) is 4.95. The van der Waals surface area contributed by atoms with Crippen molar-refractivity contribution in [3.63, 3.8) is 0 Å². The third-order valence-electron chi connectivity index (χ3n) is 4.18. The Morgan fingerprint density at radius 1 is 1.33 bits per heavy atom. The number of piperidine rings is 1. The highest BCUT2D eigenvalue weighted by atomic mass is 79.9. The Labute approximate surface area is 169 Å². The monoisotopic (exact) mass is 454 g/mol. The molecule has 3 rings (SSSR count). The third-order valence-corrected chi connectivity index (χ3v) is 5.91. The molecular weight excluding hydrogens is 436 g/mol. The second-order valence-corrected chi connectivity index (χ2v) is 8.53. The lowest BCUT2D eigenvalue weighted by Crippen LogP contribution is -2.41. The number of carboxylic acid groups (broad SMARTS) is 1. The Hall–Kier alpha value is -2.20. The van der Waals surface area contributed by atoms with Crippen LogP contribution in [-0.2, 0) is 0 Å². The molecule has 3 heterocycles. The smallest absolute Gasteiger partial charge is 0.407 e. The molecule has 0 aromatic carbocycles. The molecule has 0 spiro atoms. The number of hydrogen-bond acceptors (Lipinski definition) is 7. The normalized spacial score (nSPS) is 15.7. The lowest BCUT2D eigenvalue weighted by molar-refractivity contribution is 0.0863. The maximum atomic E-state index is 11.0. The Balaban J connectivity index is 1.65. The van der Waals surface area contributed by atoms with Gasteiger partial charge in [-0.1, -0.05) is 5.16 Å². The molecule has 0 saturated carbocycles. The van der Waals surface area contributed by atoms with Gasteiger partial charge in [0.05, 0.1) is 19.9 Å². The summed E-state index contributed by atoms with van der Waals surface area (Å²) in [5, 5.41) is 13.2. The number of amides is 1. The van der Waals surface area contributed by atoms with Gasteiger partial charge < -0.3 is 19.6 Å². The fraction of sp³-hybridized carbons (Fsp3) is 0.412. The van der Waals surface area contributed by atoms with Crippen LogP contribution in [0.1, 0.15) is 30.2 Å². The molecule has 0 radical (unpaired) electrons. The van der Waals surface area contributed by atoms with Crippen molar-refractivity contribution in [2.24, 2.45) is 5.16 Å². The first-order valence-electron chi connectivity index (χ1n) is 8.37. The second-order valence-electron chi connectivity index (χ2n) is 6.07. The number of hydrogen-bond donors (Lipinski definition) is 1. The summed E-state index contributed by atoms with van der Waals surface area (Å²) in [6, 6.07) is 3.92. The van der Waals surface area contributed by atoms with Gasteiger partial charge in [-0.05, 0) is 41.9 Å². The predicted molar refractivity (Wildman–Crippen MR) is 105 cm³/mol. The number of oxime groups is 1. The van der Waals surface area contributed by atoms with Crippen LogP contribution in [0.5, 0.6) is 11.8 Å². The quantitative estimate of drug-likeness (QED) is 0.542. The molecule has 1 aliphatic heterocycles. The number of aromatic nitrogens is 2. The van der Waals surface area contributed by atoms with Gasteiger partial charge in [0.2, 0.25) is 5.88 Å². The summed E-state index contributed by atoms with van der Waals surface area (Å²) in [6.07, 6.45) is 1.63. The van der Waals surface area contributed by atoms with Gasteiger partial charge >= 0.3 is 6.09 Å². The van der Waals surface area contributed by atoms with Gasteiger partial charge in [-0.25, -0.2) is 9.78 Å². The van der Waals surface area contributed by atoms with Crippen molar-refractivity contribution in [2.45, 2.75) is 32.8 Å². The number of ether oxygens (including phenoxy) is 1. The first-order chi connectivity index (χ1) is 12.9. The average molecular weight is 455 g/mol. The van der Waals surface area contributed by atoms with Crippen LogP contribution in [0.3, 0.4) is 0 Å². The fourth-order valence-corrected chi connectivity index (χ4v) is 3.94. The molecule has 2 aromatic heterocycles. The molecule has 10 heteroatoms. The predicted octanol–water partition coefficient (Wildman–Crippen LogP) is 3.93. The number of carbonyl (C=O) groups is 1. The van der Waals surface area contributed by atoms with Crippen LogP contribution >= 0.6 is 27.3 Å². The summed E-state index contributed by atoms with van der Waals surface area (Å²) < 4.78 is 6.97. The Kier molecular flexibility index (Phi) is 6.27. The minimum Gasteiger partial charge on any atom is -0.474 e. The van der Waals surface area contributed by atoms with E-state index >= 15 is 0 Å². The van der Waals surface area contributed by atoms with Gasteiger partial charge in [0, 0.05) is 25.9 Å². The number of halogens is 1. The van der Waals surface area contributed by atoms with E-state index in [2.05, 4.69) is 31.1 Å². The number of thiophene rings is 1. The van der Waals surface area contributed by atoms with E-state index in [0.29, 0.717) is 43.3 Å². The second kappa shape index (κ2) is 8.66. The van der Waals surface area contributed by atoms with Crippen molar-refractivity contribution >= 4 is 39.1 Å². The first kappa shape index (κ1) is 19.6. The van der Waals surface area contributed by atoms with Crippen LogP contribution in [0.4, 0.5) is 4.79 Å². The zero-order valence-electron chi connectivity index (χ0n) is 14.9. The summed E-state index contributed by atoms with van der Waals surface area (Å²) in [5.74, 6) is 0.762. The number of rotatable bonds is 5. The Morgan fingerprint density at radius 3 is 2.67 bits per heavy atom. The van der Waals surface area contributed by atoms with Crippen molar-refractivity contribution in [3.8, 4) is 11.8 Å². The molecule has 1 N–H and O–H groups in total. The van der Waals surface area contributed by atoms with Crippen LogP contribution in [-0.4, -0.2) is 51.0 Å². The molecule has 0 bridgehead atoms. The summed E-state index contributed by atoms with van der Waals surface area (Å²) in [5.41, 5.74) is 1.40. The Bertz CT molecular complexity index is 849. The van der Waals surface area contributed by atoms with Crippen LogP contribution in [0, 0.1) is 6.92 Å². The van der Waals surface area contributed by atoms with Gasteiger partial charge in [-0.15, -0.1) is 11.3 Å². The van der Waals surface area contributed by atoms with Gasteiger partial charge in [-0.2, -0.15) is 4.98 Å². The minimum atomic E-state index is -0.895. The average Bonchev–Trinajstić information content (AvgIpc) is 3.09. The Morgan fingerprint density at radius 2 is 2.04 bits per heavy atom. The molecule has 27 heavy (non-hydrogen) atoms. The van der Waals surface area contributed by atoms with Gasteiger partial charge in [0.15, 0.2) is 0 Å². The van der Waals surface area contributed by atoms with E-state index in [1.165, 1.54) is 11.2 Å². The maximum Gasteiger partial charge on any atom is 0.407 e. The summed E-state index contributed by atoms with van der Waals surface area (Å²) in [6.45, 7) is 4.58. The molecular formula is C17H19BrN4O4S. The highest BCUT2D eigenvalue weighted by Gasteiger charge is 2.24. The van der Waals surface area contributed by atoms with Crippen molar-refractivity contribution in [1.82, 2.24) is 14.9 Å². The zero-order valence-corrected chi connectivity index (χ0v) is 17.3. The summed E-state index contributed by atoms with van der Waals surface area (Å²) >= 11 is 4.99. The lowest BCUT2D eigenvalue weighted by atomic mass is 10.1. The van der Waals surface area contributed by atoms with E-state index in [-0.39, 0.29) is 6.10 Å². The highest BCUT2D eigenvalue weighted by Crippen LogP contribution is 2.27. The maximum absolute atomic E-state index is 11.0. The van der Waals surface area contributed by atoms with E-state index in [0.717, 1.165) is 14.4 Å². The molecule has 0 atom stereocenters. The van der Waals surface area contributed by atoms with E-state index in [1.54, 1.807) is 11.3 Å². The molecule has 2 aromatic rings. The largest absolute Gasteiger partial charge is 0.474 e. The molecule has 8 nitrogen and oxygen atoms in total. The lowest BCUT2D eigenvalue weighted by Gasteiger charge is -2.30. The van der Waals surface area contributed by atoms with Gasteiger partial charge in [-0.3, -0.25) is 0 Å². The van der Waals surface area contributed by atoms with Crippen molar-refractivity contribution in [2.75, 3.05) is 13.1 Å². The highest BCUT2D eigenvalue weighted by molar-refractivity contribution is 9.11. The van der Waals surface area contributed by atoms with E-state index in [4.69, 9.17) is 14.7 Å². The first-order valence-corrected chi connectivity index (χ1v) is 9.98. The SMILES string of the molecule is C/C(=N/Oc1ncnc(OC2CCN(C(=O)O)CC2)c1C)c1ccc(Br)s1. The summed E-state index contributed by atoms with van der Waals surface area (Å²) in [4.78, 5) is 27.2. The van der Waals surface area contributed by atoms with Gasteiger partial charge in [0.1, 0.15) is 12.4 Å². The van der Waals surface area contributed by atoms with Crippen molar-refractivity contribution < 1.29 is 19.5 Å². The van der Waals surface area contributed by atoms with Crippen molar-refractivity contribution in [3.05, 3.63) is 32.7 Å². The van der Waals surface area contributed by atoms with E-state index < -0.39 is 6.09 Å². The standard InChI is InChI=1S/C17H19BrN4O4S/c1-10-15(25-12-5-7-22(8-6-12)17(23)24)19-9-20-16(10)26-21-11(2)13-3-4-14(18)27-13/h3-4,9,12H,5-8H2,1-2H3,(H,23,24)/b21-11-. The fourth-order valence-electron chi connectivity index (χ4n) is 2.62. The molecule has 0 aliphatic carbocycles. The minimum absolute atomic E-state index is 0.0873. The van der Waals surface area contributed by atoms with Crippen LogP contribution in [0.2, 0.25) is 0 Å².